The lowest BCUT2D eigenvalue weighted by Crippen LogP contribution is -2.36. The Bertz CT molecular complexity index is 728. The predicted molar refractivity (Wildman–Crippen MR) is 95.5 cm³/mol. The van der Waals surface area contributed by atoms with Crippen molar-refractivity contribution in [2.45, 2.75) is 18.9 Å². The van der Waals surface area contributed by atoms with E-state index in [4.69, 9.17) is 4.74 Å². The van der Waals surface area contributed by atoms with Gasteiger partial charge in [-0.05, 0) is 25.0 Å². The maximum absolute atomic E-state index is 12.5. The number of amides is 1. The summed E-state index contributed by atoms with van der Waals surface area (Å²) in [6, 6.07) is 3.67. The third-order valence-corrected chi connectivity index (χ3v) is 4.58. The van der Waals surface area contributed by atoms with E-state index in [0.29, 0.717) is 12.2 Å². The van der Waals surface area contributed by atoms with Gasteiger partial charge in [-0.15, -0.1) is 0 Å². The molecule has 0 saturated carbocycles. The van der Waals surface area contributed by atoms with Gasteiger partial charge in [-0.3, -0.25) is 9.78 Å². The fourth-order valence-corrected chi connectivity index (χ4v) is 3.13. The van der Waals surface area contributed by atoms with Crippen LogP contribution in [0.4, 0.5) is 5.69 Å². The van der Waals surface area contributed by atoms with Gasteiger partial charge in [0.1, 0.15) is 17.6 Å². The quantitative estimate of drug-likeness (QED) is 0.896. The van der Waals surface area contributed by atoms with Crippen molar-refractivity contribution in [2.24, 2.45) is 13.0 Å². The molecule has 1 aliphatic heterocycles. The van der Waals surface area contributed by atoms with Gasteiger partial charge in [0.2, 0.25) is 0 Å². The molecule has 0 aliphatic carbocycles. The second-order valence-electron chi connectivity index (χ2n) is 6.59. The molecule has 7 nitrogen and oxygen atoms in total. The summed E-state index contributed by atoms with van der Waals surface area (Å²) in [6.07, 6.45) is 7.26. The highest BCUT2D eigenvalue weighted by Crippen LogP contribution is 2.32. The molecular weight excluding hydrogens is 318 g/mol. The maximum atomic E-state index is 12.5. The number of ether oxygens (including phenoxy) is 1. The predicted octanol–water partition coefficient (Wildman–Crippen LogP) is 1.78. The molecule has 0 bridgehead atoms. The number of aryl methyl sites for hydroxylation is 1. The summed E-state index contributed by atoms with van der Waals surface area (Å²) in [7, 11) is 5.84. The second kappa shape index (κ2) is 7.65. The number of anilines is 1. The highest BCUT2D eigenvalue weighted by Gasteiger charge is 2.30. The number of nitrogens with one attached hydrogen (secondary N) is 1. The smallest absolute Gasteiger partial charge is 0.269 e. The van der Waals surface area contributed by atoms with Crippen molar-refractivity contribution in [1.82, 2.24) is 19.9 Å². The SMILES string of the molecule is CN(C)c1ccnc(C(=O)NC[C@@H]2CCCO[C@H]2c2nccn2C)c1. The van der Waals surface area contributed by atoms with E-state index in [-0.39, 0.29) is 17.9 Å². The van der Waals surface area contributed by atoms with E-state index in [0.717, 1.165) is 31.0 Å². The lowest BCUT2D eigenvalue weighted by atomic mass is 9.93. The topological polar surface area (TPSA) is 72.3 Å². The molecule has 1 amide bonds. The zero-order valence-electron chi connectivity index (χ0n) is 15.0. The lowest BCUT2D eigenvalue weighted by Gasteiger charge is -2.31. The molecule has 2 atom stereocenters. The van der Waals surface area contributed by atoms with Gasteiger partial charge in [-0.2, -0.15) is 0 Å². The molecule has 2 aromatic rings. The fraction of sp³-hybridized carbons (Fsp3) is 0.500. The van der Waals surface area contributed by atoms with E-state index in [9.17, 15) is 4.79 Å². The molecule has 3 heterocycles. The van der Waals surface area contributed by atoms with Crippen molar-refractivity contribution in [2.75, 3.05) is 32.1 Å². The largest absolute Gasteiger partial charge is 0.378 e. The molecule has 1 N–H and O–H groups in total. The van der Waals surface area contributed by atoms with Crippen LogP contribution in [0.1, 0.15) is 35.3 Å². The van der Waals surface area contributed by atoms with E-state index in [2.05, 4.69) is 15.3 Å². The number of aromatic nitrogens is 3. The first-order chi connectivity index (χ1) is 12.1. The van der Waals surface area contributed by atoms with Gasteiger partial charge in [-0.25, -0.2) is 4.98 Å². The summed E-state index contributed by atoms with van der Waals surface area (Å²) in [6.45, 7) is 1.28. The minimum atomic E-state index is -0.159. The Labute approximate surface area is 148 Å². The minimum Gasteiger partial charge on any atom is -0.378 e. The van der Waals surface area contributed by atoms with Gasteiger partial charge < -0.3 is 19.5 Å². The van der Waals surface area contributed by atoms with Crippen molar-refractivity contribution in [3.63, 3.8) is 0 Å². The summed E-state index contributed by atoms with van der Waals surface area (Å²) in [5.41, 5.74) is 1.38. The summed E-state index contributed by atoms with van der Waals surface area (Å²) in [5, 5.41) is 3.01. The molecule has 3 rings (SSSR count). The van der Waals surface area contributed by atoms with Gasteiger partial charge in [0, 0.05) is 64.5 Å². The van der Waals surface area contributed by atoms with Gasteiger partial charge >= 0.3 is 0 Å². The van der Waals surface area contributed by atoms with Crippen LogP contribution in [0.2, 0.25) is 0 Å². The van der Waals surface area contributed by atoms with Crippen LogP contribution in [0.3, 0.4) is 0 Å². The minimum absolute atomic E-state index is 0.0879. The Kier molecular flexibility index (Phi) is 5.33. The van der Waals surface area contributed by atoms with E-state index < -0.39 is 0 Å². The van der Waals surface area contributed by atoms with Crippen LogP contribution in [0.5, 0.6) is 0 Å². The van der Waals surface area contributed by atoms with Crippen LogP contribution in [0, 0.1) is 5.92 Å². The van der Waals surface area contributed by atoms with E-state index in [1.807, 2.05) is 42.9 Å². The lowest BCUT2D eigenvalue weighted by molar-refractivity contribution is -0.0337. The standard InChI is InChI=1S/C18H25N5O2/c1-22(2)14-6-7-19-15(11-14)18(24)21-12-13-5-4-10-25-16(13)17-20-8-9-23(17)3/h6-9,11,13,16H,4-5,10,12H2,1-3H3,(H,21,24)/t13-,16+/m0/s1. The van der Waals surface area contributed by atoms with Crippen LogP contribution in [0.15, 0.2) is 30.7 Å². The number of pyridine rings is 1. The zero-order chi connectivity index (χ0) is 17.8. The molecule has 134 valence electrons. The summed E-state index contributed by atoms with van der Waals surface area (Å²) >= 11 is 0. The number of rotatable bonds is 5. The fourth-order valence-electron chi connectivity index (χ4n) is 3.13. The Balaban J connectivity index is 1.66. The van der Waals surface area contributed by atoms with Gasteiger partial charge in [0.05, 0.1) is 0 Å². The summed E-state index contributed by atoms with van der Waals surface area (Å²) in [5.74, 6) is 0.954. The van der Waals surface area contributed by atoms with Crippen LogP contribution >= 0.6 is 0 Å². The van der Waals surface area contributed by atoms with E-state index >= 15 is 0 Å². The highest BCUT2D eigenvalue weighted by atomic mass is 16.5. The molecule has 0 radical (unpaired) electrons. The van der Waals surface area contributed by atoms with Crippen LogP contribution in [-0.2, 0) is 11.8 Å². The Morgan fingerprint density at radius 2 is 2.24 bits per heavy atom. The number of carbonyl (C=O) groups excluding carboxylic acids is 1. The van der Waals surface area contributed by atoms with Crippen LogP contribution in [0.25, 0.3) is 0 Å². The Morgan fingerprint density at radius 1 is 1.40 bits per heavy atom. The summed E-state index contributed by atoms with van der Waals surface area (Å²) in [4.78, 5) is 23.0. The molecule has 0 spiro atoms. The van der Waals surface area contributed by atoms with Crippen LogP contribution in [-0.4, -0.2) is 47.7 Å². The van der Waals surface area contributed by atoms with Crippen molar-refractivity contribution in [1.29, 1.82) is 0 Å². The van der Waals surface area contributed by atoms with Crippen molar-refractivity contribution < 1.29 is 9.53 Å². The normalized spacial score (nSPS) is 20.3. The molecule has 0 aromatic carbocycles. The van der Waals surface area contributed by atoms with E-state index in [1.165, 1.54) is 0 Å². The third-order valence-electron chi connectivity index (χ3n) is 4.58. The molecule has 0 unspecified atom stereocenters. The third kappa shape index (κ3) is 3.99. The first-order valence-corrected chi connectivity index (χ1v) is 8.56. The molecule has 1 aliphatic rings. The molecular formula is C18H25N5O2. The van der Waals surface area contributed by atoms with Gasteiger partial charge in [-0.1, -0.05) is 0 Å². The van der Waals surface area contributed by atoms with Crippen LogP contribution < -0.4 is 10.2 Å². The van der Waals surface area contributed by atoms with E-state index in [1.54, 1.807) is 18.5 Å². The van der Waals surface area contributed by atoms with Gasteiger partial charge in [0.15, 0.2) is 0 Å². The Morgan fingerprint density at radius 3 is 2.96 bits per heavy atom. The van der Waals surface area contributed by atoms with Crippen molar-refractivity contribution in [3.05, 3.63) is 42.2 Å². The molecule has 25 heavy (non-hydrogen) atoms. The molecule has 2 aromatic heterocycles. The average Bonchev–Trinajstić information content (AvgIpc) is 3.05. The monoisotopic (exact) mass is 343 g/mol. The Hall–Kier alpha value is -2.41. The molecule has 7 heteroatoms. The highest BCUT2D eigenvalue weighted by molar-refractivity contribution is 5.93. The number of hydrogen-bond donors (Lipinski definition) is 1. The molecule has 1 fully saturated rings. The maximum Gasteiger partial charge on any atom is 0.269 e. The van der Waals surface area contributed by atoms with Crippen molar-refractivity contribution >= 4 is 11.6 Å². The van der Waals surface area contributed by atoms with Crippen molar-refractivity contribution in [3.8, 4) is 0 Å². The second-order valence-corrected chi connectivity index (χ2v) is 6.59. The number of carbonyl (C=O) groups is 1. The summed E-state index contributed by atoms with van der Waals surface area (Å²) < 4.78 is 7.93. The number of imidazole rings is 1. The molecule has 1 saturated heterocycles. The number of nitrogens with zero attached hydrogens (tertiary/aromatic N) is 4. The first-order valence-electron chi connectivity index (χ1n) is 8.56. The van der Waals surface area contributed by atoms with Gasteiger partial charge in [0.25, 0.3) is 5.91 Å². The first kappa shape index (κ1) is 17.4. The number of hydrogen-bond acceptors (Lipinski definition) is 5. The zero-order valence-corrected chi connectivity index (χ0v) is 15.0. The average molecular weight is 343 g/mol.